The highest BCUT2D eigenvalue weighted by molar-refractivity contribution is 6.04. The van der Waals surface area contributed by atoms with Crippen LogP contribution < -0.4 is 11.1 Å². The average molecular weight is 452 g/mol. The molecule has 3 N–H and O–H groups in total. The number of halogens is 2. The molecule has 0 saturated heterocycles. The van der Waals surface area contributed by atoms with Gasteiger partial charge in [-0.1, -0.05) is 44.2 Å². The van der Waals surface area contributed by atoms with E-state index in [0.717, 1.165) is 17.7 Å². The SMILES string of the molecule is CC(C)(CN)CN(Cc1ccc(NC(=O)c2cc(F)cc(F)c2)cc1)C(=O)c1ccccc1. The number of benzene rings is 3. The second-order valence-electron chi connectivity index (χ2n) is 8.70. The van der Waals surface area contributed by atoms with E-state index in [1.807, 2.05) is 32.0 Å². The van der Waals surface area contributed by atoms with Gasteiger partial charge in [0.2, 0.25) is 0 Å². The molecule has 0 radical (unpaired) electrons. The number of rotatable bonds is 8. The summed E-state index contributed by atoms with van der Waals surface area (Å²) in [5, 5.41) is 2.62. The fourth-order valence-electron chi connectivity index (χ4n) is 3.35. The molecular formula is C26H27F2N3O2. The molecule has 0 heterocycles. The van der Waals surface area contributed by atoms with E-state index in [-0.39, 0.29) is 16.9 Å². The molecule has 3 aromatic carbocycles. The largest absolute Gasteiger partial charge is 0.334 e. The van der Waals surface area contributed by atoms with Gasteiger partial charge in [-0.2, -0.15) is 0 Å². The topological polar surface area (TPSA) is 75.4 Å². The van der Waals surface area contributed by atoms with Crippen LogP contribution in [0.1, 0.15) is 40.1 Å². The lowest BCUT2D eigenvalue weighted by Gasteiger charge is -2.32. The molecule has 5 nitrogen and oxygen atoms in total. The van der Waals surface area contributed by atoms with Gasteiger partial charge in [0.25, 0.3) is 11.8 Å². The second-order valence-corrected chi connectivity index (χ2v) is 8.70. The van der Waals surface area contributed by atoms with E-state index in [4.69, 9.17) is 5.73 Å². The van der Waals surface area contributed by atoms with Gasteiger partial charge in [-0.15, -0.1) is 0 Å². The Hall–Kier alpha value is -3.58. The third-order valence-electron chi connectivity index (χ3n) is 5.19. The molecule has 0 spiro atoms. The summed E-state index contributed by atoms with van der Waals surface area (Å²) < 4.78 is 26.7. The summed E-state index contributed by atoms with van der Waals surface area (Å²) in [5.74, 6) is -2.35. The number of anilines is 1. The Morgan fingerprint density at radius 1 is 0.909 bits per heavy atom. The molecule has 0 bridgehead atoms. The fraction of sp³-hybridized carbons (Fsp3) is 0.231. The van der Waals surface area contributed by atoms with Crippen LogP contribution in [0.5, 0.6) is 0 Å². The molecule has 0 aliphatic carbocycles. The van der Waals surface area contributed by atoms with Crippen LogP contribution in [0.3, 0.4) is 0 Å². The molecule has 2 amide bonds. The van der Waals surface area contributed by atoms with Crippen molar-refractivity contribution in [2.24, 2.45) is 11.1 Å². The molecule has 3 aromatic rings. The predicted molar refractivity (Wildman–Crippen MR) is 125 cm³/mol. The standard InChI is InChI=1S/C26H27F2N3O2/c1-26(2,16-29)17-31(25(33)19-6-4-3-5-7-19)15-18-8-10-23(11-9-18)30-24(32)20-12-21(27)14-22(28)13-20/h3-14H,15-17,29H2,1-2H3,(H,30,32). The van der Waals surface area contributed by atoms with Gasteiger partial charge in [-0.3, -0.25) is 9.59 Å². The highest BCUT2D eigenvalue weighted by Crippen LogP contribution is 2.21. The van der Waals surface area contributed by atoms with Gasteiger partial charge in [0.1, 0.15) is 11.6 Å². The minimum Gasteiger partial charge on any atom is -0.334 e. The maximum atomic E-state index is 13.4. The van der Waals surface area contributed by atoms with Gasteiger partial charge in [0.05, 0.1) is 0 Å². The van der Waals surface area contributed by atoms with Crippen LogP contribution in [-0.2, 0) is 6.54 Å². The first-order chi connectivity index (χ1) is 15.7. The van der Waals surface area contributed by atoms with Crippen LogP contribution in [0.2, 0.25) is 0 Å². The Bertz CT molecular complexity index is 1100. The Morgan fingerprint density at radius 3 is 2.09 bits per heavy atom. The summed E-state index contributed by atoms with van der Waals surface area (Å²) in [6.45, 7) is 5.27. The predicted octanol–water partition coefficient (Wildman–Crippen LogP) is 4.84. The molecule has 0 unspecified atom stereocenters. The minimum absolute atomic E-state index is 0.0948. The lowest BCUT2D eigenvalue weighted by Crippen LogP contribution is -2.41. The second kappa shape index (κ2) is 10.4. The van der Waals surface area contributed by atoms with Gasteiger partial charge >= 0.3 is 0 Å². The van der Waals surface area contributed by atoms with Crippen LogP contribution in [0.15, 0.2) is 72.8 Å². The van der Waals surface area contributed by atoms with Crippen molar-refractivity contribution in [2.75, 3.05) is 18.4 Å². The summed E-state index contributed by atoms with van der Waals surface area (Å²) in [6, 6.07) is 18.7. The molecule has 0 aliphatic heterocycles. The van der Waals surface area contributed by atoms with Gasteiger partial charge in [-0.05, 0) is 53.9 Å². The van der Waals surface area contributed by atoms with E-state index in [1.165, 1.54) is 0 Å². The fourth-order valence-corrected chi connectivity index (χ4v) is 3.35. The molecule has 33 heavy (non-hydrogen) atoms. The number of nitrogens with one attached hydrogen (secondary N) is 1. The van der Waals surface area contributed by atoms with Crippen LogP contribution in [0.25, 0.3) is 0 Å². The molecule has 3 rings (SSSR count). The van der Waals surface area contributed by atoms with Crippen molar-refractivity contribution in [1.82, 2.24) is 4.90 Å². The smallest absolute Gasteiger partial charge is 0.255 e. The molecule has 7 heteroatoms. The van der Waals surface area contributed by atoms with Gasteiger partial charge in [0, 0.05) is 36.0 Å². The van der Waals surface area contributed by atoms with E-state index in [9.17, 15) is 18.4 Å². The van der Waals surface area contributed by atoms with Crippen LogP contribution in [-0.4, -0.2) is 29.8 Å². The number of carbonyl (C=O) groups is 2. The Balaban J connectivity index is 1.74. The van der Waals surface area contributed by atoms with E-state index >= 15 is 0 Å². The number of carbonyl (C=O) groups excluding carboxylic acids is 2. The van der Waals surface area contributed by atoms with Crippen molar-refractivity contribution in [1.29, 1.82) is 0 Å². The highest BCUT2D eigenvalue weighted by Gasteiger charge is 2.25. The van der Waals surface area contributed by atoms with Crippen LogP contribution >= 0.6 is 0 Å². The van der Waals surface area contributed by atoms with E-state index < -0.39 is 17.5 Å². The van der Waals surface area contributed by atoms with E-state index in [0.29, 0.717) is 37.0 Å². The maximum absolute atomic E-state index is 13.4. The Labute approximate surface area is 192 Å². The molecule has 0 aromatic heterocycles. The van der Waals surface area contributed by atoms with Crippen molar-refractivity contribution in [3.8, 4) is 0 Å². The van der Waals surface area contributed by atoms with Crippen molar-refractivity contribution in [2.45, 2.75) is 20.4 Å². The van der Waals surface area contributed by atoms with Crippen LogP contribution in [0, 0.1) is 17.0 Å². The van der Waals surface area contributed by atoms with E-state index in [1.54, 1.807) is 41.3 Å². The zero-order chi connectivity index (χ0) is 24.0. The highest BCUT2D eigenvalue weighted by atomic mass is 19.1. The summed E-state index contributed by atoms with van der Waals surface area (Å²) in [5.41, 5.74) is 7.44. The molecule has 0 fully saturated rings. The van der Waals surface area contributed by atoms with Gasteiger partial charge in [0.15, 0.2) is 0 Å². The maximum Gasteiger partial charge on any atom is 0.255 e. The molecule has 0 atom stereocenters. The first-order valence-electron chi connectivity index (χ1n) is 10.6. The monoisotopic (exact) mass is 451 g/mol. The lowest BCUT2D eigenvalue weighted by molar-refractivity contribution is 0.0673. The molecule has 0 saturated carbocycles. The van der Waals surface area contributed by atoms with E-state index in [2.05, 4.69) is 5.32 Å². The zero-order valence-electron chi connectivity index (χ0n) is 18.6. The summed E-state index contributed by atoms with van der Waals surface area (Å²) in [4.78, 5) is 27.2. The number of hydrogen-bond acceptors (Lipinski definition) is 3. The average Bonchev–Trinajstić information content (AvgIpc) is 2.79. The molecule has 0 aliphatic rings. The first kappa shape index (κ1) is 24.1. The number of nitrogens with zero attached hydrogens (tertiary/aromatic N) is 1. The third-order valence-corrected chi connectivity index (χ3v) is 5.19. The normalized spacial score (nSPS) is 11.2. The summed E-state index contributed by atoms with van der Waals surface area (Å²) in [7, 11) is 0. The number of amides is 2. The summed E-state index contributed by atoms with van der Waals surface area (Å²) in [6.07, 6.45) is 0. The number of hydrogen-bond donors (Lipinski definition) is 2. The third kappa shape index (κ3) is 6.70. The Morgan fingerprint density at radius 2 is 1.52 bits per heavy atom. The van der Waals surface area contributed by atoms with Gasteiger partial charge in [-0.25, -0.2) is 8.78 Å². The summed E-state index contributed by atoms with van der Waals surface area (Å²) >= 11 is 0. The number of nitrogens with two attached hydrogens (primary N) is 1. The van der Waals surface area contributed by atoms with Crippen molar-refractivity contribution in [3.63, 3.8) is 0 Å². The van der Waals surface area contributed by atoms with Crippen molar-refractivity contribution < 1.29 is 18.4 Å². The molecular weight excluding hydrogens is 424 g/mol. The first-order valence-corrected chi connectivity index (χ1v) is 10.6. The minimum atomic E-state index is -0.820. The lowest BCUT2D eigenvalue weighted by atomic mass is 9.92. The van der Waals surface area contributed by atoms with Gasteiger partial charge < -0.3 is 16.0 Å². The van der Waals surface area contributed by atoms with Crippen molar-refractivity contribution in [3.05, 3.63) is 101 Å². The Kier molecular flexibility index (Phi) is 7.55. The quantitative estimate of drug-likeness (QED) is 0.514. The van der Waals surface area contributed by atoms with Crippen LogP contribution in [0.4, 0.5) is 14.5 Å². The van der Waals surface area contributed by atoms with Crippen molar-refractivity contribution >= 4 is 17.5 Å². The molecule has 172 valence electrons. The zero-order valence-corrected chi connectivity index (χ0v) is 18.6.